The maximum Gasteiger partial charge on any atom is 0.303 e. The minimum absolute atomic E-state index is 0.268. The lowest BCUT2D eigenvalue weighted by atomic mass is 9.91. The summed E-state index contributed by atoms with van der Waals surface area (Å²) in [7, 11) is 0. The standard InChI is InChI=1S/C17H23N3O2S/c18-11-14-15(8-9-19-17(14)23)20-10-4-6-13(12-20)5-2-1-3-7-16(21)22/h8-9,13H,1-7,10,12H2,(H,19,23)(H,21,22). The average molecular weight is 333 g/mol. The van der Waals surface area contributed by atoms with E-state index in [1.54, 1.807) is 6.20 Å². The number of anilines is 1. The quantitative estimate of drug-likeness (QED) is 0.585. The van der Waals surface area contributed by atoms with E-state index in [4.69, 9.17) is 17.3 Å². The number of unbranched alkanes of at least 4 members (excludes halogenated alkanes) is 2. The van der Waals surface area contributed by atoms with Crippen LogP contribution in [0.1, 0.15) is 50.5 Å². The number of hydrogen-bond donors (Lipinski definition) is 2. The van der Waals surface area contributed by atoms with Gasteiger partial charge in [0.25, 0.3) is 0 Å². The van der Waals surface area contributed by atoms with Crippen LogP contribution in [0.25, 0.3) is 0 Å². The van der Waals surface area contributed by atoms with E-state index in [0.29, 0.717) is 16.1 Å². The molecule has 0 aromatic carbocycles. The van der Waals surface area contributed by atoms with Gasteiger partial charge in [-0.25, -0.2) is 0 Å². The molecule has 0 bridgehead atoms. The van der Waals surface area contributed by atoms with Crippen LogP contribution in [0.4, 0.5) is 5.69 Å². The Kier molecular flexibility index (Phi) is 6.60. The van der Waals surface area contributed by atoms with Crippen LogP contribution < -0.4 is 4.90 Å². The fourth-order valence-electron chi connectivity index (χ4n) is 3.25. The first-order chi connectivity index (χ1) is 11.1. The zero-order valence-corrected chi connectivity index (χ0v) is 14.1. The van der Waals surface area contributed by atoms with E-state index in [0.717, 1.165) is 50.9 Å². The molecule has 1 fully saturated rings. The molecule has 1 aliphatic heterocycles. The summed E-state index contributed by atoms with van der Waals surface area (Å²) >= 11 is 5.20. The van der Waals surface area contributed by atoms with Gasteiger partial charge >= 0.3 is 5.97 Å². The highest BCUT2D eigenvalue weighted by Gasteiger charge is 2.22. The third kappa shape index (κ3) is 5.07. The molecule has 0 aliphatic carbocycles. The van der Waals surface area contributed by atoms with Gasteiger partial charge in [0.1, 0.15) is 16.3 Å². The summed E-state index contributed by atoms with van der Waals surface area (Å²) in [5, 5.41) is 18.0. The van der Waals surface area contributed by atoms with Crippen molar-refractivity contribution in [3.05, 3.63) is 22.5 Å². The molecule has 0 spiro atoms. The van der Waals surface area contributed by atoms with Gasteiger partial charge < -0.3 is 15.0 Å². The molecule has 1 saturated heterocycles. The predicted molar refractivity (Wildman–Crippen MR) is 92.0 cm³/mol. The van der Waals surface area contributed by atoms with Crippen molar-refractivity contribution >= 4 is 23.9 Å². The first-order valence-corrected chi connectivity index (χ1v) is 8.61. The number of nitriles is 1. The van der Waals surface area contributed by atoms with E-state index in [1.165, 1.54) is 6.42 Å². The van der Waals surface area contributed by atoms with Gasteiger partial charge in [-0.2, -0.15) is 5.26 Å². The van der Waals surface area contributed by atoms with Crippen LogP contribution in [0.15, 0.2) is 12.3 Å². The van der Waals surface area contributed by atoms with Crippen molar-refractivity contribution in [1.82, 2.24) is 4.98 Å². The largest absolute Gasteiger partial charge is 0.481 e. The number of rotatable bonds is 7. The highest BCUT2D eigenvalue weighted by atomic mass is 32.1. The van der Waals surface area contributed by atoms with Crippen molar-refractivity contribution < 1.29 is 9.90 Å². The van der Waals surface area contributed by atoms with E-state index in [-0.39, 0.29) is 6.42 Å². The number of carboxylic acids is 1. The molecule has 2 heterocycles. The van der Waals surface area contributed by atoms with Gasteiger partial charge in [0.2, 0.25) is 0 Å². The normalized spacial score (nSPS) is 17.7. The summed E-state index contributed by atoms with van der Waals surface area (Å²) in [6.45, 7) is 1.91. The van der Waals surface area contributed by atoms with Crippen molar-refractivity contribution in [2.75, 3.05) is 18.0 Å². The second-order valence-corrected chi connectivity index (χ2v) is 6.53. The van der Waals surface area contributed by atoms with Gasteiger partial charge in [0, 0.05) is 25.7 Å². The maximum absolute atomic E-state index is 10.5. The molecular formula is C17H23N3O2S. The SMILES string of the molecule is N#Cc1c(N2CCCC(CCCCCC(=O)O)C2)cc[nH]c1=S. The van der Waals surface area contributed by atoms with Crippen LogP contribution in [0.3, 0.4) is 0 Å². The number of carbonyl (C=O) groups is 1. The second-order valence-electron chi connectivity index (χ2n) is 6.13. The molecule has 0 radical (unpaired) electrons. The predicted octanol–water partition coefficient (Wildman–Crippen LogP) is 3.87. The van der Waals surface area contributed by atoms with E-state index in [1.807, 2.05) is 6.07 Å². The van der Waals surface area contributed by atoms with Gasteiger partial charge in [-0.05, 0) is 37.7 Å². The highest BCUT2D eigenvalue weighted by Crippen LogP contribution is 2.28. The topological polar surface area (TPSA) is 80.1 Å². The fraction of sp³-hybridized carbons (Fsp3) is 0.588. The number of hydrogen-bond acceptors (Lipinski definition) is 4. The molecule has 5 nitrogen and oxygen atoms in total. The van der Waals surface area contributed by atoms with E-state index < -0.39 is 5.97 Å². The second kappa shape index (κ2) is 8.68. The summed E-state index contributed by atoms with van der Waals surface area (Å²) in [6, 6.07) is 4.15. The van der Waals surface area contributed by atoms with Gasteiger partial charge in [-0.1, -0.05) is 25.1 Å². The Hall–Kier alpha value is -1.87. The van der Waals surface area contributed by atoms with Crippen LogP contribution in [0.5, 0.6) is 0 Å². The molecule has 1 aromatic heterocycles. The molecule has 1 aliphatic rings. The van der Waals surface area contributed by atoms with Gasteiger partial charge in [0.05, 0.1) is 5.69 Å². The molecule has 124 valence electrons. The molecule has 23 heavy (non-hydrogen) atoms. The molecule has 2 rings (SSSR count). The van der Waals surface area contributed by atoms with E-state index >= 15 is 0 Å². The number of aromatic amines is 1. The first-order valence-electron chi connectivity index (χ1n) is 8.20. The van der Waals surface area contributed by atoms with Crippen LogP contribution in [-0.2, 0) is 4.79 Å². The Morgan fingerprint density at radius 3 is 3.04 bits per heavy atom. The Labute approximate surface area is 141 Å². The van der Waals surface area contributed by atoms with Crippen molar-refractivity contribution in [3.8, 4) is 6.07 Å². The van der Waals surface area contributed by atoms with Crippen LogP contribution in [0, 0.1) is 21.9 Å². The van der Waals surface area contributed by atoms with Crippen molar-refractivity contribution in [3.63, 3.8) is 0 Å². The third-order valence-corrected chi connectivity index (χ3v) is 4.74. The third-order valence-electron chi connectivity index (χ3n) is 4.41. The molecule has 1 aromatic rings. The number of piperidine rings is 1. The molecule has 2 N–H and O–H groups in total. The van der Waals surface area contributed by atoms with Gasteiger partial charge in [-0.3, -0.25) is 4.79 Å². The zero-order valence-electron chi connectivity index (χ0n) is 13.3. The Bertz CT molecular complexity index is 635. The number of carboxylic acid groups (broad SMARTS) is 1. The molecule has 1 atom stereocenters. The first kappa shape index (κ1) is 17.5. The fourth-order valence-corrected chi connectivity index (χ4v) is 3.46. The Balaban J connectivity index is 1.89. The summed E-state index contributed by atoms with van der Waals surface area (Å²) in [4.78, 5) is 15.7. The number of nitrogens with zero attached hydrogens (tertiary/aromatic N) is 2. The van der Waals surface area contributed by atoms with E-state index in [2.05, 4.69) is 16.0 Å². The number of pyridine rings is 1. The van der Waals surface area contributed by atoms with Crippen LogP contribution >= 0.6 is 12.2 Å². The molecular weight excluding hydrogens is 310 g/mol. The number of aromatic nitrogens is 1. The minimum atomic E-state index is -0.710. The number of nitrogens with one attached hydrogen (secondary N) is 1. The van der Waals surface area contributed by atoms with Crippen molar-refractivity contribution in [2.24, 2.45) is 5.92 Å². The van der Waals surface area contributed by atoms with Crippen LogP contribution in [-0.4, -0.2) is 29.1 Å². The molecule has 6 heteroatoms. The smallest absolute Gasteiger partial charge is 0.303 e. The molecule has 0 saturated carbocycles. The lowest BCUT2D eigenvalue weighted by Crippen LogP contribution is -2.36. The monoisotopic (exact) mass is 333 g/mol. The maximum atomic E-state index is 10.5. The summed E-state index contributed by atoms with van der Waals surface area (Å²) in [5.74, 6) is -0.101. The summed E-state index contributed by atoms with van der Waals surface area (Å²) in [6.07, 6.45) is 8.33. The Morgan fingerprint density at radius 2 is 2.30 bits per heavy atom. The van der Waals surface area contributed by atoms with E-state index in [9.17, 15) is 10.1 Å². The summed E-state index contributed by atoms with van der Waals surface area (Å²) < 4.78 is 0.501. The zero-order chi connectivity index (χ0) is 16.7. The Morgan fingerprint density at radius 1 is 1.48 bits per heavy atom. The molecule has 1 unspecified atom stereocenters. The van der Waals surface area contributed by atoms with Crippen LogP contribution in [0.2, 0.25) is 0 Å². The number of aliphatic carboxylic acids is 1. The summed E-state index contributed by atoms with van der Waals surface area (Å²) in [5.41, 5.74) is 1.50. The molecule has 0 amide bonds. The minimum Gasteiger partial charge on any atom is -0.481 e. The van der Waals surface area contributed by atoms with Gasteiger partial charge in [-0.15, -0.1) is 0 Å². The lowest BCUT2D eigenvalue weighted by molar-refractivity contribution is -0.137. The average Bonchev–Trinajstić information content (AvgIpc) is 2.54. The number of H-pyrrole nitrogens is 1. The highest BCUT2D eigenvalue weighted by molar-refractivity contribution is 7.71. The lowest BCUT2D eigenvalue weighted by Gasteiger charge is -2.35. The van der Waals surface area contributed by atoms with Crippen molar-refractivity contribution in [1.29, 1.82) is 5.26 Å². The van der Waals surface area contributed by atoms with Crippen molar-refractivity contribution in [2.45, 2.75) is 44.9 Å². The van der Waals surface area contributed by atoms with Gasteiger partial charge in [0.15, 0.2) is 0 Å².